The average molecular weight is 276 g/mol. The van der Waals surface area contributed by atoms with Crippen LogP contribution >= 0.6 is 0 Å². The lowest BCUT2D eigenvalue weighted by atomic mass is 10.1. The number of nitrogens with one attached hydrogen (secondary N) is 1. The summed E-state index contributed by atoms with van der Waals surface area (Å²) in [5.74, 6) is -3.13. The first kappa shape index (κ1) is 13.5. The molecular weight excluding hydrogens is 267 g/mol. The van der Waals surface area contributed by atoms with Crippen molar-refractivity contribution < 1.29 is 24.2 Å². The number of aromatic carboxylic acids is 1. The molecule has 0 radical (unpaired) electrons. The fourth-order valence-corrected chi connectivity index (χ4v) is 1.57. The summed E-state index contributed by atoms with van der Waals surface area (Å²) in [6.07, 6.45) is 2.36. The topological polar surface area (TPSA) is 99.5 Å². The summed E-state index contributed by atoms with van der Waals surface area (Å²) in [4.78, 5) is 26.5. The van der Waals surface area contributed by atoms with Crippen molar-refractivity contribution in [3.63, 3.8) is 0 Å². The Bertz CT molecular complexity index is 688. The minimum atomic E-state index is -1.31. The third kappa shape index (κ3) is 2.72. The Morgan fingerprint density at radius 2 is 1.95 bits per heavy atom. The van der Waals surface area contributed by atoms with E-state index in [0.29, 0.717) is 0 Å². The molecule has 2 rings (SSSR count). The first-order chi connectivity index (χ1) is 9.49. The van der Waals surface area contributed by atoms with Crippen molar-refractivity contribution in [1.82, 2.24) is 4.98 Å². The maximum Gasteiger partial charge on any atom is 0.337 e. The van der Waals surface area contributed by atoms with Crippen molar-refractivity contribution in [3.05, 3.63) is 53.6 Å². The van der Waals surface area contributed by atoms with Gasteiger partial charge in [-0.2, -0.15) is 0 Å². The van der Waals surface area contributed by atoms with Gasteiger partial charge in [-0.05, 0) is 24.3 Å². The number of hydrogen-bond acceptors (Lipinski definition) is 4. The van der Waals surface area contributed by atoms with Crippen molar-refractivity contribution in [2.24, 2.45) is 0 Å². The summed E-state index contributed by atoms with van der Waals surface area (Å²) in [6, 6.07) is 4.16. The minimum Gasteiger partial charge on any atom is -0.505 e. The van der Waals surface area contributed by atoms with Crippen LogP contribution in [0.2, 0.25) is 0 Å². The van der Waals surface area contributed by atoms with Crippen LogP contribution in [0.4, 0.5) is 10.1 Å². The molecule has 0 unspecified atom stereocenters. The molecule has 0 spiro atoms. The smallest absolute Gasteiger partial charge is 0.337 e. The summed E-state index contributed by atoms with van der Waals surface area (Å²) in [6.45, 7) is 0. The normalized spacial score (nSPS) is 10.1. The molecule has 0 aliphatic carbocycles. The van der Waals surface area contributed by atoms with Gasteiger partial charge in [-0.1, -0.05) is 0 Å². The number of halogens is 1. The predicted octanol–water partition coefficient (Wildman–Crippen LogP) is 1.88. The molecule has 0 fully saturated rings. The fourth-order valence-electron chi connectivity index (χ4n) is 1.57. The van der Waals surface area contributed by atoms with Gasteiger partial charge in [0.15, 0.2) is 0 Å². The summed E-state index contributed by atoms with van der Waals surface area (Å²) in [5.41, 5.74) is -0.549. The van der Waals surface area contributed by atoms with Gasteiger partial charge in [-0.15, -0.1) is 0 Å². The molecule has 20 heavy (non-hydrogen) atoms. The van der Waals surface area contributed by atoms with E-state index in [1.165, 1.54) is 12.3 Å². The number of amides is 1. The Morgan fingerprint density at radius 3 is 2.60 bits per heavy atom. The maximum atomic E-state index is 13.1. The Kier molecular flexibility index (Phi) is 3.60. The van der Waals surface area contributed by atoms with Crippen LogP contribution < -0.4 is 5.32 Å². The summed E-state index contributed by atoms with van der Waals surface area (Å²) in [5, 5.41) is 20.7. The molecule has 0 aliphatic rings. The van der Waals surface area contributed by atoms with E-state index in [1.807, 2.05) is 0 Å². The quantitative estimate of drug-likeness (QED) is 0.794. The van der Waals surface area contributed by atoms with E-state index in [0.717, 1.165) is 24.4 Å². The van der Waals surface area contributed by atoms with Crippen LogP contribution in [0.25, 0.3) is 0 Å². The molecular formula is C13H9FN2O4. The van der Waals surface area contributed by atoms with Crippen LogP contribution in [0.5, 0.6) is 5.75 Å². The maximum absolute atomic E-state index is 13.1. The second-order valence-corrected chi connectivity index (χ2v) is 3.84. The first-order valence-electron chi connectivity index (χ1n) is 5.46. The number of carboxylic acids is 1. The standard InChI is InChI=1S/C13H9FN2O4/c14-7-1-2-8(13(19)20)10(5-7)16-12(18)9-3-4-15-6-11(9)17/h1-6,17H,(H,16,18)(H,19,20). The van der Waals surface area contributed by atoms with E-state index in [-0.39, 0.29) is 22.6 Å². The molecule has 1 heterocycles. The highest BCUT2D eigenvalue weighted by atomic mass is 19.1. The van der Waals surface area contributed by atoms with Crippen LogP contribution in [0.15, 0.2) is 36.7 Å². The van der Waals surface area contributed by atoms with Crippen molar-refractivity contribution in [3.8, 4) is 5.75 Å². The van der Waals surface area contributed by atoms with Gasteiger partial charge in [0.1, 0.15) is 11.6 Å². The highest BCUT2D eigenvalue weighted by Crippen LogP contribution is 2.20. The summed E-state index contributed by atoms with van der Waals surface area (Å²) >= 11 is 0. The Labute approximate surface area is 112 Å². The molecule has 0 bridgehead atoms. The average Bonchev–Trinajstić information content (AvgIpc) is 2.38. The van der Waals surface area contributed by atoms with Crippen LogP contribution in [-0.2, 0) is 0 Å². The van der Waals surface area contributed by atoms with Crippen LogP contribution in [0.3, 0.4) is 0 Å². The fraction of sp³-hybridized carbons (Fsp3) is 0. The third-order valence-corrected chi connectivity index (χ3v) is 2.50. The number of benzene rings is 1. The zero-order valence-corrected chi connectivity index (χ0v) is 10.0. The van der Waals surface area contributed by atoms with Gasteiger partial charge < -0.3 is 15.5 Å². The summed E-state index contributed by atoms with van der Waals surface area (Å²) < 4.78 is 13.1. The van der Waals surface area contributed by atoms with Crippen molar-refractivity contribution >= 4 is 17.6 Å². The third-order valence-electron chi connectivity index (χ3n) is 2.50. The number of anilines is 1. The number of nitrogens with zero attached hydrogens (tertiary/aromatic N) is 1. The van der Waals surface area contributed by atoms with Gasteiger partial charge in [-0.25, -0.2) is 9.18 Å². The minimum absolute atomic E-state index is 0.0967. The van der Waals surface area contributed by atoms with E-state index in [1.54, 1.807) is 0 Å². The lowest BCUT2D eigenvalue weighted by molar-refractivity contribution is 0.0698. The van der Waals surface area contributed by atoms with Gasteiger partial charge in [0.25, 0.3) is 5.91 Å². The molecule has 102 valence electrons. The zero-order chi connectivity index (χ0) is 14.7. The monoisotopic (exact) mass is 276 g/mol. The largest absolute Gasteiger partial charge is 0.505 e. The van der Waals surface area contributed by atoms with E-state index >= 15 is 0 Å². The van der Waals surface area contributed by atoms with Gasteiger partial charge in [0, 0.05) is 6.20 Å². The molecule has 3 N–H and O–H groups in total. The van der Waals surface area contributed by atoms with Gasteiger partial charge in [0.2, 0.25) is 0 Å². The number of carbonyl (C=O) groups excluding carboxylic acids is 1. The van der Waals surface area contributed by atoms with Crippen molar-refractivity contribution in [2.45, 2.75) is 0 Å². The number of aromatic nitrogens is 1. The Hall–Kier alpha value is -2.96. The number of rotatable bonds is 3. The van der Waals surface area contributed by atoms with E-state index in [2.05, 4.69) is 10.3 Å². The number of carboxylic acid groups (broad SMARTS) is 1. The highest BCUT2D eigenvalue weighted by Gasteiger charge is 2.16. The number of pyridine rings is 1. The van der Waals surface area contributed by atoms with E-state index in [9.17, 15) is 19.1 Å². The van der Waals surface area contributed by atoms with E-state index < -0.39 is 17.7 Å². The predicted molar refractivity (Wildman–Crippen MR) is 67.2 cm³/mol. The van der Waals surface area contributed by atoms with Gasteiger partial charge >= 0.3 is 5.97 Å². The number of hydrogen-bond donors (Lipinski definition) is 3. The molecule has 2 aromatic rings. The molecule has 0 atom stereocenters. The van der Waals surface area contributed by atoms with Crippen molar-refractivity contribution in [2.75, 3.05) is 5.32 Å². The molecule has 0 aliphatic heterocycles. The molecule has 1 aromatic carbocycles. The Balaban J connectivity index is 2.35. The molecule has 0 saturated heterocycles. The van der Waals surface area contributed by atoms with Crippen LogP contribution in [0, 0.1) is 5.82 Å². The molecule has 1 aromatic heterocycles. The molecule has 6 nitrogen and oxygen atoms in total. The summed E-state index contributed by atoms with van der Waals surface area (Å²) in [7, 11) is 0. The van der Waals surface area contributed by atoms with Gasteiger partial charge in [0.05, 0.1) is 23.0 Å². The molecule has 7 heteroatoms. The highest BCUT2D eigenvalue weighted by molar-refractivity contribution is 6.08. The van der Waals surface area contributed by atoms with Crippen LogP contribution in [0.1, 0.15) is 20.7 Å². The lowest BCUT2D eigenvalue weighted by Crippen LogP contribution is -2.15. The van der Waals surface area contributed by atoms with Crippen LogP contribution in [-0.4, -0.2) is 27.1 Å². The second kappa shape index (κ2) is 5.35. The number of aromatic hydroxyl groups is 1. The molecule has 0 saturated carbocycles. The second-order valence-electron chi connectivity index (χ2n) is 3.84. The zero-order valence-electron chi connectivity index (χ0n) is 10.0. The molecule has 1 amide bonds. The first-order valence-corrected chi connectivity index (χ1v) is 5.46. The van der Waals surface area contributed by atoms with Gasteiger partial charge in [-0.3, -0.25) is 9.78 Å². The lowest BCUT2D eigenvalue weighted by Gasteiger charge is -2.09. The number of carbonyl (C=O) groups is 2. The SMILES string of the molecule is O=C(Nc1cc(F)ccc1C(=O)O)c1ccncc1O. The van der Waals surface area contributed by atoms with Crippen molar-refractivity contribution in [1.29, 1.82) is 0 Å². The van der Waals surface area contributed by atoms with E-state index in [4.69, 9.17) is 5.11 Å². The Morgan fingerprint density at radius 1 is 1.20 bits per heavy atom.